The Morgan fingerprint density at radius 1 is 1.55 bits per heavy atom. The minimum Gasteiger partial charge on any atom is -0.469 e. The van der Waals surface area contributed by atoms with Gasteiger partial charge in [0.15, 0.2) is 5.13 Å². The second kappa shape index (κ2) is 7.31. The van der Waals surface area contributed by atoms with Crippen LogP contribution < -0.4 is 5.32 Å². The number of esters is 1. The Hall–Kier alpha value is -0.750. The Labute approximate surface area is 128 Å². The second-order valence-electron chi connectivity index (χ2n) is 5.17. The van der Waals surface area contributed by atoms with Crippen LogP contribution in [0.1, 0.15) is 37.8 Å². The van der Waals surface area contributed by atoms with Crippen LogP contribution >= 0.6 is 23.1 Å². The summed E-state index contributed by atoms with van der Waals surface area (Å²) >= 11 is 3.59. The van der Waals surface area contributed by atoms with Crippen molar-refractivity contribution in [1.29, 1.82) is 0 Å². The fourth-order valence-electron chi connectivity index (χ4n) is 2.54. The van der Waals surface area contributed by atoms with E-state index in [1.165, 1.54) is 32.8 Å². The summed E-state index contributed by atoms with van der Waals surface area (Å²) in [4.78, 5) is 15.6. The van der Waals surface area contributed by atoms with Crippen molar-refractivity contribution in [2.75, 3.05) is 25.2 Å². The lowest BCUT2D eigenvalue weighted by Gasteiger charge is -2.26. The summed E-state index contributed by atoms with van der Waals surface area (Å²) in [6.07, 6.45) is 8.52. The monoisotopic (exact) mass is 314 g/mol. The van der Waals surface area contributed by atoms with Crippen molar-refractivity contribution in [2.24, 2.45) is 0 Å². The third kappa shape index (κ3) is 4.12. The topological polar surface area (TPSA) is 51.2 Å². The quantitative estimate of drug-likeness (QED) is 0.782. The number of thiazole rings is 1. The number of ether oxygens (including phenoxy) is 1. The van der Waals surface area contributed by atoms with Gasteiger partial charge in [-0.2, -0.15) is 11.8 Å². The summed E-state index contributed by atoms with van der Waals surface area (Å²) in [5, 5.41) is 6.45. The molecule has 1 N–H and O–H groups in total. The molecule has 0 unspecified atom stereocenters. The Morgan fingerprint density at radius 2 is 2.30 bits per heavy atom. The second-order valence-corrected chi connectivity index (χ2v) is 7.30. The molecule has 0 spiro atoms. The predicted octanol–water partition coefficient (Wildman–Crippen LogP) is 3.34. The highest BCUT2D eigenvalue weighted by atomic mass is 32.2. The zero-order valence-electron chi connectivity index (χ0n) is 12.1. The highest BCUT2D eigenvalue weighted by Crippen LogP contribution is 2.40. The summed E-state index contributed by atoms with van der Waals surface area (Å²) in [5.74, 6) is -0.181. The van der Waals surface area contributed by atoms with Gasteiger partial charge in [0.25, 0.3) is 0 Å². The van der Waals surface area contributed by atoms with E-state index in [4.69, 9.17) is 0 Å². The van der Waals surface area contributed by atoms with Crippen molar-refractivity contribution in [1.82, 2.24) is 4.98 Å². The SMILES string of the molecule is COC(=O)CCc1csc(NCC2(SC)CCCC2)n1. The van der Waals surface area contributed by atoms with Crippen LogP contribution in [0.15, 0.2) is 5.38 Å². The van der Waals surface area contributed by atoms with Crippen LogP contribution in [-0.2, 0) is 16.0 Å². The van der Waals surface area contributed by atoms with Crippen LogP contribution in [0.25, 0.3) is 0 Å². The largest absolute Gasteiger partial charge is 0.469 e. The van der Waals surface area contributed by atoms with Crippen LogP contribution in [0, 0.1) is 0 Å². The highest BCUT2D eigenvalue weighted by molar-refractivity contribution is 8.00. The van der Waals surface area contributed by atoms with E-state index in [2.05, 4.69) is 21.3 Å². The lowest BCUT2D eigenvalue weighted by atomic mass is 10.1. The van der Waals surface area contributed by atoms with Crippen LogP contribution in [0.5, 0.6) is 0 Å². The number of anilines is 1. The molecule has 0 saturated heterocycles. The highest BCUT2D eigenvalue weighted by Gasteiger charge is 2.32. The molecule has 0 aliphatic heterocycles. The van der Waals surface area contributed by atoms with Crippen molar-refractivity contribution in [2.45, 2.75) is 43.3 Å². The molecule has 1 fully saturated rings. The third-order valence-corrected chi connectivity index (χ3v) is 6.14. The first-order chi connectivity index (χ1) is 9.67. The molecule has 1 heterocycles. The van der Waals surface area contributed by atoms with Gasteiger partial charge in [-0.3, -0.25) is 4.79 Å². The Morgan fingerprint density at radius 3 is 2.95 bits per heavy atom. The van der Waals surface area contributed by atoms with Gasteiger partial charge in [-0.25, -0.2) is 4.98 Å². The number of aryl methyl sites for hydroxylation is 1. The van der Waals surface area contributed by atoms with E-state index in [9.17, 15) is 4.79 Å². The van der Waals surface area contributed by atoms with E-state index in [1.54, 1.807) is 11.3 Å². The van der Waals surface area contributed by atoms with Gasteiger partial charge >= 0.3 is 5.97 Å². The zero-order valence-corrected chi connectivity index (χ0v) is 13.7. The first-order valence-corrected chi connectivity index (χ1v) is 9.08. The molecule has 1 aliphatic rings. The zero-order chi connectivity index (χ0) is 14.4. The minimum absolute atomic E-state index is 0.181. The standard InChI is InChI=1S/C14H22N2O2S2/c1-18-12(17)6-5-11-9-20-13(16-11)15-10-14(19-2)7-3-4-8-14/h9H,3-8,10H2,1-2H3,(H,15,16). The Bertz CT molecular complexity index is 442. The fraction of sp³-hybridized carbons (Fsp3) is 0.714. The summed E-state index contributed by atoms with van der Waals surface area (Å²) in [6, 6.07) is 0. The average Bonchev–Trinajstić information content (AvgIpc) is 3.12. The molecule has 0 radical (unpaired) electrons. The number of thioether (sulfide) groups is 1. The Kier molecular flexibility index (Phi) is 5.72. The normalized spacial score (nSPS) is 17.1. The maximum Gasteiger partial charge on any atom is 0.305 e. The van der Waals surface area contributed by atoms with Gasteiger partial charge in [-0.1, -0.05) is 12.8 Å². The number of nitrogens with zero attached hydrogens (tertiary/aromatic N) is 1. The van der Waals surface area contributed by atoms with Crippen LogP contribution in [-0.4, -0.2) is 35.6 Å². The Balaban J connectivity index is 1.82. The van der Waals surface area contributed by atoms with Crippen molar-refractivity contribution in [3.63, 3.8) is 0 Å². The third-order valence-electron chi connectivity index (χ3n) is 3.87. The average molecular weight is 314 g/mol. The van der Waals surface area contributed by atoms with Gasteiger partial charge in [0, 0.05) is 23.1 Å². The number of carbonyl (C=O) groups is 1. The number of rotatable bonds is 7. The molecule has 1 aromatic heterocycles. The van der Waals surface area contributed by atoms with Crippen molar-refractivity contribution in [3.8, 4) is 0 Å². The molecule has 1 saturated carbocycles. The molecule has 1 aliphatic carbocycles. The van der Waals surface area contributed by atoms with E-state index in [0.29, 0.717) is 17.6 Å². The van der Waals surface area contributed by atoms with E-state index in [0.717, 1.165) is 17.4 Å². The lowest BCUT2D eigenvalue weighted by Crippen LogP contribution is -2.29. The maximum atomic E-state index is 11.1. The van der Waals surface area contributed by atoms with Crippen LogP contribution in [0.3, 0.4) is 0 Å². The summed E-state index contributed by atoms with van der Waals surface area (Å²) in [5.41, 5.74) is 0.965. The van der Waals surface area contributed by atoms with E-state index in [1.807, 2.05) is 17.1 Å². The van der Waals surface area contributed by atoms with E-state index in [-0.39, 0.29) is 5.97 Å². The number of hydrogen-bond acceptors (Lipinski definition) is 6. The molecule has 0 amide bonds. The molecule has 20 heavy (non-hydrogen) atoms. The van der Waals surface area contributed by atoms with Crippen LogP contribution in [0.2, 0.25) is 0 Å². The van der Waals surface area contributed by atoms with E-state index >= 15 is 0 Å². The van der Waals surface area contributed by atoms with Crippen molar-refractivity contribution >= 4 is 34.2 Å². The number of carbonyl (C=O) groups excluding carboxylic acids is 1. The number of aromatic nitrogens is 1. The molecule has 4 nitrogen and oxygen atoms in total. The fourth-order valence-corrected chi connectivity index (χ4v) is 4.20. The molecule has 0 aromatic carbocycles. The van der Waals surface area contributed by atoms with Crippen molar-refractivity contribution in [3.05, 3.63) is 11.1 Å². The summed E-state index contributed by atoms with van der Waals surface area (Å²) in [7, 11) is 1.42. The predicted molar refractivity (Wildman–Crippen MR) is 85.7 cm³/mol. The number of nitrogens with one attached hydrogen (secondary N) is 1. The molecule has 2 rings (SSSR count). The van der Waals surface area contributed by atoms with Gasteiger partial charge in [0.2, 0.25) is 0 Å². The maximum absolute atomic E-state index is 11.1. The number of hydrogen-bond donors (Lipinski definition) is 1. The van der Waals surface area contributed by atoms with Gasteiger partial charge in [0.1, 0.15) is 0 Å². The van der Waals surface area contributed by atoms with Gasteiger partial charge < -0.3 is 10.1 Å². The minimum atomic E-state index is -0.181. The van der Waals surface area contributed by atoms with Gasteiger partial charge in [-0.05, 0) is 19.1 Å². The van der Waals surface area contributed by atoms with Gasteiger partial charge in [-0.15, -0.1) is 11.3 Å². The molecular formula is C14H22N2O2S2. The summed E-state index contributed by atoms with van der Waals surface area (Å²) < 4.78 is 5.03. The molecule has 112 valence electrons. The molecule has 6 heteroatoms. The number of methoxy groups -OCH3 is 1. The first-order valence-electron chi connectivity index (χ1n) is 6.98. The summed E-state index contributed by atoms with van der Waals surface area (Å²) in [6.45, 7) is 0.984. The van der Waals surface area contributed by atoms with Crippen molar-refractivity contribution < 1.29 is 9.53 Å². The molecule has 0 atom stereocenters. The molecular weight excluding hydrogens is 292 g/mol. The lowest BCUT2D eigenvalue weighted by molar-refractivity contribution is -0.140. The van der Waals surface area contributed by atoms with E-state index < -0.39 is 0 Å². The molecule has 0 bridgehead atoms. The smallest absolute Gasteiger partial charge is 0.305 e. The molecule has 1 aromatic rings. The first kappa shape index (κ1) is 15.6. The van der Waals surface area contributed by atoms with Gasteiger partial charge in [0.05, 0.1) is 19.2 Å². The van der Waals surface area contributed by atoms with Crippen LogP contribution in [0.4, 0.5) is 5.13 Å².